The van der Waals surface area contributed by atoms with E-state index >= 15 is 0 Å². The van der Waals surface area contributed by atoms with Crippen LogP contribution in [0.3, 0.4) is 0 Å². The second-order valence-corrected chi connectivity index (χ2v) is 4.89. The molecule has 0 spiro atoms. The number of aryl methyl sites for hydroxylation is 1. The van der Waals surface area contributed by atoms with Crippen LogP contribution in [0.2, 0.25) is 0 Å². The summed E-state index contributed by atoms with van der Waals surface area (Å²) in [6, 6.07) is 9.14. The number of allylic oxidation sites excluding steroid dienone is 1. The lowest BCUT2D eigenvalue weighted by molar-refractivity contribution is -0.105. The van der Waals surface area contributed by atoms with E-state index in [1.54, 1.807) is 0 Å². The zero-order chi connectivity index (χ0) is 14.4. The highest BCUT2D eigenvalue weighted by atomic mass is 16.1. The number of hydrogen-bond acceptors (Lipinski definition) is 5. The molecule has 0 aliphatic carbocycles. The highest BCUT2D eigenvalue weighted by molar-refractivity contribution is 5.71. The molecule has 1 aromatic carbocycles. The van der Waals surface area contributed by atoms with Crippen LogP contribution in [0.15, 0.2) is 36.2 Å². The molecule has 1 heterocycles. The van der Waals surface area contributed by atoms with Crippen molar-refractivity contribution in [3.8, 4) is 0 Å². The van der Waals surface area contributed by atoms with Crippen molar-refractivity contribution in [3.63, 3.8) is 0 Å². The summed E-state index contributed by atoms with van der Waals surface area (Å²) in [7, 11) is 0. The van der Waals surface area contributed by atoms with E-state index in [4.69, 9.17) is 5.73 Å². The lowest BCUT2D eigenvalue weighted by atomic mass is 10.0. The third-order valence-electron chi connectivity index (χ3n) is 3.55. The molecule has 4 N–H and O–H groups in total. The topological polar surface area (TPSA) is 70.4 Å². The molecule has 2 rings (SSSR count). The summed E-state index contributed by atoms with van der Waals surface area (Å²) in [5.74, 6) is 0. The van der Waals surface area contributed by atoms with Crippen LogP contribution < -0.4 is 16.5 Å². The van der Waals surface area contributed by atoms with E-state index in [0.29, 0.717) is 18.3 Å². The number of carbonyl (C=O) groups excluding carboxylic acids is 1. The van der Waals surface area contributed by atoms with Gasteiger partial charge in [-0.3, -0.25) is 4.79 Å². The molecule has 0 saturated carbocycles. The maximum Gasteiger partial charge on any atom is 0.167 e. The second-order valence-electron chi connectivity index (χ2n) is 4.89. The van der Waals surface area contributed by atoms with Crippen LogP contribution in [0.25, 0.3) is 0 Å². The molecule has 0 radical (unpaired) electrons. The third kappa shape index (κ3) is 3.59. The molecule has 1 aliphatic heterocycles. The van der Waals surface area contributed by atoms with Crippen LogP contribution in [-0.4, -0.2) is 30.9 Å². The normalized spacial score (nSPS) is 19.4. The lowest BCUT2D eigenvalue weighted by Crippen LogP contribution is -2.57. The van der Waals surface area contributed by atoms with Crippen molar-refractivity contribution in [1.82, 2.24) is 15.8 Å². The van der Waals surface area contributed by atoms with Gasteiger partial charge < -0.3 is 11.1 Å². The third-order valence-corrected chi connectivity index (χ3v) is 3.55. The van der Waals surface area contributed by atoms with E-state index in [0.717, 1.165) is 25.8 Å². The van der Waals surface area contributed by atoms with Gasteiger partial charge in [0.1, 0.15) is 0 Å². The molecular formula is C15H22N4O. The SMILES string of the molecule is CCc1ccc(C2CN(CCN/C(C=O)=C\N)N2)cc1. The van der Waals surface area contributed by atoms with Crippen molar-refractivity contribution in [2.45, 2.75) is 19.4 Å². The molecule has 1 fully saturated rings. The summed E-state index contributed by atoms with van der Waals surface area (Å²) >= 11 is 0. The average molecular weight is 274 g/mol. The Kier molecular flexibility index (Phi) is 5.15. The molecule has 0 bridgehead atoms. The Morgan fingerprint density at radius 1 is 1.50 bits per heavy atom. The molecule has 0 amide bonds. The van der Waals surface area contributed by atoms with Crippen LogP contribution >= 0.6 is 0 Å². The minimum Gasteiger partial charge on any atom is -0.403 e. The molecule has 0 aromatic heterocycles. The molecule has 1 saturated heterocycles. The Bertz CT molecular complexity index is 463. The first-order valence-corrected chi connectivity index (χ1v) is 6.97. The van der Waals surface area contributed by atoms with E-state index in [-0.39, 0.29) is 0 Å². The largest absolute Gasteiger partial charge is 0.403 e. The van der Waals surface area contributed by atoms with E-state index in [1.165, 1.54) is 17.3 Å². The summed E-state index contributed by atoms with van der Waals surface area (Å²) < 4.78 is 0. The number of benzene rings is 1. The summed E-state index contributed by atoms with van der Waals surface area (Å²) in [6.07, 6.45) is 3.08. The fourth-order valence-corrected chi connectivity index (χ4v) is 2.22. The van der Waals surface area contributed by atoms with Gasteiger partial charge in [-0.1, -0.05) is 31.2 Å². The number of carbonyl (C=O) groups is 1. The van der Waals surface area contributed by atoms with Gasteiger partial charge in [0.05, 0.1) is 11.7 Å². The maximum atomic E-state index is 10.5. The Morgan fingerprint density at radius 3 is 2.75 bits per heavy atom. The number of aldehydes is 1. The number of nitrogens with one attached hydrogen (secondary N) is 2. The van der Waals surface area contributed by atoms with Crippen LogP contribution in [0, 0.1) is 0 Å². The van der Waals surface area contributed by atoms with Gasteiger partial charge in [0.25, 0.3) is 0 Å². The van der Waals surface area contributed by atoms with Gasteiger partial charge in [0.2, 0.25) is 0 Å². The summed E-state index contributed by atoms with van der Waals surface area (Å²) in [5.41, 5.74) is 11.8. The van der Waals surface area contributed by atoms with Crippen LogP contribution in [0.5, 0.6) is 0 Å². The summed E-state index contributed by atoms with van der Waals surface area (Å²) in [4.78, 5) is 10.5. The molecule has 1 unspecified atom stereocenters. The maximum absolute atomic E-state index is 10.5. The molecule has 1 aromatic rings. The Hall–Kier alpha value is -1.85. The molecule has 5 nitrogen and oxygen atoms in total. The van der Waals surface area contributed by atoms with Crippen molar-refractivity contribution in [1.29, 1.82) is 0 Å². The van der Waals surface area contributed by atoms with Crippen LogP contribution in [-0.2, 0) is 11.2 Å². The van der Waals surface area contributed by atoms with Crippen LogP contribution in [0.1, 0.15) is 24.1 Å². The number of nitrogens with two attached hydrogens (primary N) is 1. The quantitative estimate of drug-likeness (QED) is 0.504. The van der Waals surface area contributed by atoms with Gasteiger partial charge in [0.15, 0.2) is 6.29 Å². The predicted octanol–water partition coefficient (Wildman–Crippen LogP) is 0.699. The van der Waals surface area contributed by atoms with Gasteiger partial charge in [-0.05, 0) is 17.5 Å². The van der Waals surface area contributed by atoms with Crippen molar-refractivity contribution < 1.29 is 4.79 Å². The fraction of sp³-hybridized carbons (Fsp3) is 0.400. The van der Waals surface area contributed by atoms with Crippen molar-refractivity contribution in [2.24, 2.45) is 5.73 Å². The predicted molar refractivity (Wildman–Crippen MR) is 79.6 cm³/mol. The zero-order valence-electron chi connectivity index (χ0n) is 11.8. The van der Waals surface area contributed by atoms with Gasteiger partial charge >= 0.3 is 0 Å². The first kappa shape index (κ1) is 14.6. The highest BCUT2D eigenvalue weighted by Gasteiger charge is 2.26. The number of hydrogen-bond donors (Lipinski definition) is 3. The standard InChI is InChI=1S/C15H22N4O/c1-2-12-3-5-13(6-4-12)15-10-19(18-15)8-7-17-14(9-16)11-20/h3-6,9,11,15,17-18H,2,7-8,10,16H2,1H3/b14-9-. The summed E-state index contributed by atoms with van der Waals surface area (Å²) in [6.45, 7) is 4.66. The Balaban J connectivity index is 1.70. The van der Waals surface area contributed by atoms with E-state index < -0.39 is 0 Å². The fourth-order valence-electron chi connectivity index (χ4n) is 2.22. The van der Waals surface area contributed by atoms with E-state index in [2.05, 4.69) is 46.9 Å². The van der Waals surface area contributed by atoms with E-state index in [1.807, 2.05) is 0 Å². The second kappa shape index (κ2) is 7.07. The first-order chi connectivity index (χ1) is 9.76. The molecular weight excluding hydrogens is 252 g/mol. The summed E-state index contributed by atoms with van der Waals surface area (Å²) in [5, 5.41) is 5.10. The molecule has 5 heteroatoms. The van der Waals surface area contributed by atoms with Gasteiger partial charge in [-0.15, -0.1) is 0 Å². The zero-order valence-corrected chi connectivity index (χ0v) is 11.8. The Morgan fingerprint density at radius 2 is 2.20 bits per heavy atom. The minimum absolute atomic E-state index is 0.400. The van der Waals surface area contributed by atoms with Crippen molar-refractivity contribution >= 4 is 6.29 Å². The number of nitrogens with zero attached hydrogens (tertiary/aromatic N) is 1. The minimum atomic E-state index is 0.400. The van der Waals surface area contributed by atoms with Gasteiger partial charge in [-0.25, -0.2) is 10.4 Å². The number of rotatable bonds is 7. The first-order valence-electron chi connectivity index (χ1n) is 6.97. The highest BCUT2D eigenvalue weighted by Crippen LogP contribution is 2.21. The Labute approximate surface area is 119 Å². The smallest absolute Gasteiger partial charge is 0.167 e. The average Bonchev–Trinajstić information content (AvgIpc) is 2.46. The number of hydrazine groups is 1. The molecule has 108 valence electrons. The van der Waals surface area contributed by atoms with Gasteiger partial charge in [-0.2, -0.15) is 0 Å². The van der Waals surface area contributed by atoms with Crippen molar-refractivity contribution in [2.75, 3.05) is 19.6 Å². The van der Waals surface area contributed by atoms with Crippen LogP contribution in [0.4, 0.5) is 0 Å². The van der Waals surface area contributed by atoms with E-state index in [9.17, 15) is 4.79 Å². The van der Waals surface area contributed by atoms with Crippen molar-refractivity contribution in [3.05, 3.63) is 47.3 Å². The molecule has 1 aliphatic rings. The lowest BCUT2D eigenvalue weighted by Gasteiger charge is -2.41. The van der Waals surface area contributed by atoms with Gasteiger partial charge in [0, 0.05) is 25.8 Å². The molecule has 1 atom stereocenters. The monoisotopic (exact) mass is 274 g/mol. The molecule has 20 heavy (non-hydrogen) atoms.